The second-order valence-electron chi connectivity index (χ2n) is 1.47. The first kappa shape index (κ1) is 7.84. The van der Waals surface area contributed by atoms with Crippen LogP contribution < -0.4 is 11.1 Å². The standard InChI is InChI=1S/C4H12N2O2/c5-2-1-3-6-4(7)8/h4,6-8H,1-3,5H2. The molecule has 0 heterocycles. The van der Waals surface area contributed by atoms with E-state index < -0.39 is 6.41 Å². The number of hydrogen-bond acceptors (Lipinski definition) is 4. The molecule has 0 aromatic heterocycles. The zero-order valence-electron chi connectivity index (χ0n) is 4.67. The highest BCUT2D eigenvalue weighted by atomic mass is 16.5. The van der Waals surface area contributed by atoms with Crippen molar-refractivity contribution in [1.82, 2.24) is 5.32 Å². The van der Waals surface area contributed by atoms with Gasteiger partial charge < -0.3 is 15.9 Å². The maximum Gasteiger partial charge on any atom is 0.210 e. The van der Waals surface area contributed by atoms with Gasteiger partial charge in [0, 0.05) is 6.54 Å². The predicted octanol–water partition coefficient (Wildman–Crippen LogP) is -1.81. The van der Waals surface area contributed by atoms with Gasteiger partial charge in [0.2, 0.25) is 6.41 Å². The summed E-state index contributed by atoms with van der Waals surface area (Å²) in [6.07, 6.45) is -0.640. The molecule has 0 saturated heterocycles. The fourth-order valence-electron chi connectivity index (χ4n) is 0.333. The van der Waals surface area contributed by atoms with E-state index in [2.05, 4.69) is 5.32 Å². The number of aliphatic hydroxyl groups excluding tert-OH is 1. The van der Waals surface area contributed by atoms with Crippen molar-refractivity contribution in [2.75, 3.05) is 13.1 Å². The zero-order valence-corrected chi connectivity index (χ0v) is 4.67. The summed E-state index contributed by atoms with van der Waals surface area (Å²) in [7, 11) is 0. The Balaban J connectivity index is 2.72. The average Bonchev–Trinajstić information content (AvgIpc) is 1.66. The molecule has 0 fully saturated rings. The smallest absolute Gasteiger partial charge is 0.210 e. The van der Waals surface area contributed by atoms with E-state index in [-0.39, 0.29) is 0 Å². The third-order valence-corrected chi connectivity index (χ3v) is 0.708. The molecule has 0 rings (SSSR count). The molecule has 8 heavy (non-hydrogen) atoms. The van der Waals surface area contributed by atoms with Gasteiger partial charge in [0.1, 0.15) is 0 Å². The van der Waals surface area contributed by atoms with Crippen molar-refractivity contribution in [3.8, 4) is 0 Å². The summed E-state index contributed by atoms with van der Waals surface area (Å²) in [5.41, 5.74) is 5.11. The first-order chi connectivity index (χ1) is 3.77. The zero-order chi connectivity index (χ0) is 6.41. The second-order valence-corrected chi connectivity index (χ2v) is 1.47. The maximum atomic E-state index is 8.18. The number of nitrogens with one attached hydrogen (secondary N) is 1. The van der Waals surface area contributed by atoms with E-state index in [4.69, 9.17) is 15.9 Å². The molecular weight excluding hydrogens is 108 g/mol. The molecule has 0 radical (unpaired) electrons. The van der Waals surface area contributed by atoms with Gasteiger partial charge in [0.15, 0.2) is 0 Å². The molecule has 50 valence electrons. The maximum absolute atomic E-state index is 8.18. The first-order valence-corrected chi connectivity index (χ1v) is 2.57. The Bertz CT molecular complexity index is 49.3. The minimum absolute atomic E-state index is 0.550. The Morgan fingerprint density at radius 1 is 1.50 bits per heavy atom. The SMILES string of the molecule is NCCCNC(O)O. The molecule has 0 atom stereocenters. The van der Waals surface area contributed by atoms with Gasteiger partial charge in [-0.3, -0.25) is 5.32 Å². The summed E-state index contributed by atoms with van der Waals surface area (Å²) in [6, 6.07) is 0. The van der Waals surface area contributed by atoms with Crippen LogP contribution >= 0.6 is 0 Å². The summed E-state index contributed by atoms with van der Waals surface area (Å²) in [6.45, 7) is 1.12. The van der Waals surface area contributed by atoms with E-state index in [1.54, 1.807) is 0 Å². The van der Waals surface area contributed by atoms with Gasteiger partial charge in [-0.1, -0.05) is 0 Å². The van der Waals surface area contributed by atoms with Crippen LogP contribution in [0.15, 0.2) is 0 Å². The highest BCUT2D eigenvalue weighted by Gasteiger charge is 1.90. The van der Waals surface area contributed by atoms with Crippen molar-refractivity contribution in [2.24, 2.45) is 5.73 Å². The van der Waals surface area contributed by atoms with Crippen molar-refractivity contribution < 1.29 is 10.2 Å². The highest BCUT2D eigenvalue weighted by molar-refractivity contribution is 4.42. The second kappa shape index (κ2) is 4.99. The molecule has 0 aliphatic rings. The molecule has 0 unspecified atom stereocenters. The van der Waals surface area contributed by atoms with Crippen LogP contribution in [0.2, 0.25) is 0 Å². The lowest BCUT2D eigenvalue weighted by molar-refractivity contribution is -0.0653. The van der Waals surface area contributed by atoms with Crippen LogP contribution in [0.4, 0.5) is 0 Å². The average molecular weight is 120 g/mol. The van der Waals surface area contributed by atoms with Crippen LogP contribution in [0.5, 0.6) is 0 Å². The van der Waals surface area contributed by atoms with E-state index in [1.165, 1.54) is 0 Å². The summed E-state index contributed by atoms with van der Waals surface area (Å²) >= 11 is 0. The van der Waals surface area contributed by atoms with Gasteiger partial charge >= 0.3 is 0 Å². The molecule has 0 saturated carbocycles. The van der Waals surface area contributed by atoms with Gasteiger partial charge in [-0.2, -0.15) is 0 Å². The third kappa shape index (κ3) is 5.84. The van der Waals surface area contributed by atoms with Crippen molar-refractivity contribution in [1.29, 1.82) is 0 Å². The summed E-state index contributed by atoms with van der Waals surface area (Å²) < 4.78 is 0. The monoisotopic (exact) mass is 120 g/mol. The topological polar surface area (TPSA) is 78.5 Å². The molecule has 0 aromatic carbocycles. The molecule has 0 spiro atoms. The number of hydrogen-bond donors (Lipinski definition) is 4. The molecule has 5 N–H and O–H groups in total. The fraction of sp³-hybridized carbons (Fsp3) is 1.00. The molecule has 4 heteroatoms. The van der Waals surface area contributed by atoms with E-state index in [1.807, 2.05) is 0 Å². The predicted molar refractivity (Wildman–Crippen MR) is 29.9 cm³/mol. The van der Waals surface area contributed by atoms with Crippen molar-refractivity contribution in [3.63, 3.8) is 0 Å². The molecule has 0 bridgehead atoms. The van der Waals surface area contributed by atoms with Crippen LogP contribution in [0, 0.1) is 0 Å². The first-order valence-electron chi connectivity index (χ1n) is 2.57. The molecule has 0 aromatic rings. The number of nitrogens with two attached hydrogens (primary N) is 1. The minimum Gasteiger partial charge on any atom is -0.356 e. The van der Waals surface area contributed by atoms with Crippen LogP contribution in [-0.4, -0.2) is 29.7 Å². The lowest BCUT2D eigenvalue weighted by Gasteiger charge is -2.03. The van der Waals surface area contributed by atoms with Gasteiger partial charge in [-0.05, 0) is 13.0 Å². The summed E-state index contributed by atoms with van der Waals surface area (Å²) in [5, 5.41) is 18.7. The summed E-state index contributed by atoms with van der Waals surface area (Å²) in [5.74, 6) is 0. The minimum atomic E-state index is -1.40. The lowest BCUT2D eigenvalue weighted by Crippen LogP contribution is -2.29. The van der Waals surface area contributed by atoms with Gasteiger partial charge in [0.25, 0.3) is 0 Å². The van der Waals surface area contributed by atoms with E-state index in [0.29, 0.717) is 13.1 Å². The van der Waals surface area contributed by atoms with Gasteiger partial charge in [0.05, 0.1) is 0 Å². The van der Waals surface area contributed by atoms with Crippen molar-refractivity contribution in [3.05, 3.63) is 0 Å². The van der Waals surface area contributed by atoms with Crippen LogP contribution in [0.25, 0.3) is 0 Å². The Morgan fingerprint density at radius 3 is 2.50 bits per heavy atom. The highest BCUT2D eigenvalue weighted by Crippen LogP contribution is 1.70. The van der Waals surface area contributed by atoms with Crippen LogP contribution in [-0.2, 0) is 0 Å². The molecular formula is C4H12N2O2. The molecule has 0 aliphatic carbocycles. The number of rotatable bonds is 4. The molecule has 0 amide bonds. The Morgan fingerprint density at radius 2 is 2.12 bits per heavy atom. The Labute approximate surface area is 48.3 Å². The number of aliphatic hydroxyl groups is 2. The van der Waals surface area contributed by atoms with Crippen LogP contribution in [0.3, 0.4) is 0 Å². The lowest BCUT2D eigenvalue weighted by atomic mass is 10.4. The summed E-state index contributed by atoms with van der Waals surface area (Å²) in [4.78, 5) is 0. The van der Waals surface area contributed by atoms with Crippen molar-refractivity contribution in [2.45, 2.75) is 12.8 Å². The van der Waals surface area contributed by atoms with Crippen LogP contribution in [0.1, 0.15) is 6.42 Å². The molecule has 4 nitrogen and oxygen atoms in total. The Kier molecular flexibility index (Phi) is 4.89. The normalized spacial score (nSPS) is 10.5. The van der Waals surface area contributed by atoms with Crippen molar-refractivity contribution >= 4 is 0 Å². The molecule has 0 aliphatic heterocycles. The van der Waals surface area contributed by atoms with E-state index >= 15 is 0 Å². The third-order valence-electron chi connectivity index (χ3n) is 0.708. The Hall–Kier alpha value is -0.160. The van der Waals surface area contributed by atoms with Gasteiger partial charge in [-0.15, -0.1) is 0 Å². The van der Waals surface area contributed by atoms with Gasteiger partial charge in [-0.25, -0.2) is 0 Å². The van der Waals surface area contributed by atoms with E-state index in [0.717, 1.165) is 6.42 Å². The van der Waals surface area contributed by atoms with E-state index in [9.17, 15) is 0 Å². The fourth-order valence-corrected chi connectivity index (χ4v) is 0.333. The quantitative estimate of drug-likeness (QED) is 0.260. The largest absolute Gasteiger partial charge is 0.356 e.